The van der Waals surface area contributed by atoms with Gasteiger partial charge < -0.3 is 10.6 Å². The summed E-state index contributed by atoms with van der Waals surface area (Å²) in [7, 11) is 0. The van der Waals surface area contributed by atoms with Gasteiger partial charge in [0, 0.05) is 18.2 Å². The maximum Gasteiger partial charge on any atom is 0.131 e. The Kier molecular flexibility index (Phi) is 4.51. The van der Waals surface area contributed by atoms with Crippen LogP contribution >= 0.6 is 0 Å². The zero-order chi connectivity index (χ0) is 12.0. The van der Waals surface area contributed by atoms with Gasteiger partial charge in [-0.05, 0) is 13.8 Å². The van der Waals surface area contributed by atoms with Gasteiger partial charge in [-0.3, -0.25) is 0 Å². The SMILES string of the molecule is C=CC(C)Nc1cc(NC(C)C=C)ncn1. The molecule has 1 heterocycles. The van der Waals surface area contributed by atoms with Crippen LogP contribution in [0.1, 0.15) is 13.8 Å². The highest BCUT2D eigenvalue weighted by Gasteiger charge is 2.02. The zero-order valence-electron chi connectivity index (χ0n) is 9.77. The molecule has 0 aliphatic carbocycles. The number of nitrogens with zero attached hydrogens (tertiary/aromatic N) is 2. The van der Waals surface area contributed by atoms with E-state index in [1.807, 2.05) is 32.1 Å². The molecule has 2 N–H and O–H groups in total. The van der Waals surface area contributed by atoms with Gasteiger partial charge in [-0.25, -0.2) is 9.97 Å². The van der Waals surface area contributed by atoms with E-state index in [9.17, 15) is 0 Å². The van der Waals surface area contributed by atoms with E-state index in [1.54, 1.807) is 0 Å². The van der Waals surface area contributed by atoms with Crippen LogP contribution in [0.3, 0.4) is 0 Å². The lowest BCUT2D eigenvalue weighted by molar-refractivity contribution is 0.957. The molecule has 1 rings (SSSR count). The second-order valence-corrected chi connectivity index (χ2v) is 3.63. The maximum absolute atomic E-state index is 4.12. The third kappa shape index (κ3) is 3.73. The van der Waals surface area contributed by atoms with Gasteiger partial charge in [-0.1, -0.05) is 12.2 Å². The van der Waals surface area contributed by atoms with Crippen LogP contribution in [-0.4, -0.2) is 22.1 Å². The number of hydrogen-bond donors (Lipinski definition) is 2. The standard InChI is InChI=1S/C12H18N4/c1-5-9(3)15-11-7-12(14-8-13-11)16-10(4)6-2/h5-10H,1-2H2,3-4H3,(H2,13,14,15,16). The van der Waals surface area contributed by atoms with Crippen LogP contribution in [0.25, 0.3) is 0 Å². The van der Waals surface area contributed by atoms with E-state index in [4.69, 9.17) is 0 Å². The summed E-state index contributed by atoms with van der Waals surface area (Å²) in [6.07, 6.45) is 5.17. The van der Waals surface area contributed by atoms with Crippen LogP contribution < -0.4 is 10.6 Å². The lowest BCUT2D eigenvalue weighted by Crippen LogP contribution is -2.15. The van der Waals surface area contributed by atoms with Crippen molar-refractivity contribution in [2.24, 2.45) is 0 Å². The molecule has 1 aromatic rings. The summed E-state index contributed by atoms with van der Waals surface area (Å²) in [5.41, 5.74) is 0. The molecule has 0 aliphatic rings. The first-order valence-corrected chi connectivity index (χ1v) is 5.26. The van der Waals surface area contributed by atoms with Crippen molar-refractivity contribution in [2.75, 3.05) is 10.6 Å². The van der Waals surface area contributed by atoms with Gasteiger partial charge >= 0.3 is 0 Å². The van der Waals surface area contributed by atoms with E-state index in [-0.39, 0.29) is 12.1 Å². The second kappa shape index (κ2) is 5.90. The molecule has 0 radical (unpaired) electrons. The van der Waals surface area contributed by atoms with Gasteiger partial charge in [0.05, 0.1) is 0 Å². The van der Waals surface area contributed by atoms with Crippen LogP contribution in [0.15, 0.2) is 37.7 Å². The van der Waals surface area contributed by atoms with E-state index >= 15 is 0 Å². The van der Waals surface area contributed by atoms with Crippen molar-refractivity contribution in [1.29, 1.82) is 0 Å². The predicted octanol–water partition coefficient (Wildman–Crippen LogP) is 2.45. The minimum atomic E-state index is 0.180. The normalized spacial score (nSPS) is 13.6. The molecule has 86 valence electrons. The Hall–Kier alpha value is -1.84. The summed E-state index contributed by atoms with van der Waals surface area (Å²) < 4.78 is 0. The molecule has 0 saturated heterocycles. The van der Waals surface area contributed by atoms with Gasteiger partial charge in [-0.15, -0.1) is 13.2 Å². The number of anilines is 2. The van der Waals surface area contributed by atoms with E-state index in [2.05, 4.69) is 33.8 Å². The van der Waals surface area contributed by atoms with Crippen molar-refractivity contribution in [3.05, 3.63) is 37.7 Å². The fourth-order valence-corrected chi connectivity index (χ4v) is 1.10. The summed E-state index contributed by atoms with van der Waals surface area (Å²) in [5, 5.41) is 6.38. The summed E-state index contributed by atoms with van der Waals surface area (Å²) >= 11 is 0. The number of nitrogens with one attached hydrogen (secondary N) is 2. The molecule has 1 aromatic heterocycles. The molecule has 0 bridgehead atoms. The van der Waals surface area contributed by atoms with E-state index in [0.29, 0.717) is 0 Å². The molecular formula is C12H18N4. The maximum atomic E-state index is 4.12. The summed E-state index contributed by atoms with van der Waals surface area (Å²) in [5.74, 6) is 1.56. The molecule has 0 saturated carbocycles. The Balaban J connectivity index is 2.70. The molecule has 4 heteroatoms. The van der Waals surface area contributed by atoms with Crippen molar-refractivity contribution in [1.82, 2.24) is 9.97 Å². The Bertz CT molecular complexity index is 331. The smallest absolute Gasteiger partial charge is 0.131 e. The lowest BCUT2D eigenvalue weighted by Gasteiger charge is -2.13. The first kappa shape index (κ1) is 12.2. The highest BCUT2D eigenvalue weighted by molar-refractivity contribution is 5.48. The number of rotatable bonds is 6. The van der Waals surface area contributed by atoms with E-state index in [1.165, 1.54) is 6.33 Å². The van der Waals surface area contributed by atoms with Gasteiger partial charge in [-0.2, -0.15) is 0 Å². The topological polar surface area (TPSA) is 49.8 Å². The Morgan fingerprint density at radius 1 is 1.06 bits per heavy atom. The Labute approximate surface area is 96.5 Å². The van der Waals surface area contributed by atoms with Gasteiger partial charge in [0.2, 0.25) is 0 Å². The third-order valence-corrected chi connectivity index (χ3v) is 2.13. The van der Waals surface area contributed by atoms with Crippen LogP contribution in [0, 0.1) is 0 Å². The Morgan fingerprint density at radius 3 is 1.88 bits per heavy atom. The second-order valence-electron chi connectivity index (χ2n) is 3.63. The number of hydrogen-bond acceptors (Lipinski definition) is 4. The molecular weight excluding hydrogens is 200 g/mol. The summed E-state index contributed by atoms with van der Waals surface area (Å²) in [6, 6.07) is 2.22. The average Bonchev–Trinajstić information content (AvgIpc) is 2.29. The number of aromatic nitrogens is 2. The summed E-state index contributed by atoms with van der Waals surface area (Å²) in [6.45, 7) is 11.4. The monoisotopic (exact) mass is 218 g/mol. The van der Waals surface area contributed by atoms with Crippen LogP contribution in [0.2, 0.25) is 0 Å². The van der Waals surface area contributed by atoms with Crippen molar-refractivity contribution < 1.29 is 0 Å². The first-order chi connectivity index (χ1) is 7.65. The highest BCUT2D eigenvalue weighted by atomic mass is 15.1. The van der Waals surface area contributed by atoms with E-state index in [0.717, 1.165) is 11.6 Å². The fraction of sp³-hybridized carbons (Fsp3) is 0.333. The summed E-state index contributed by atoms with van der Waals surface area (Å²) in [4.78, 5) is 8.25. The highest BCUT2D eigenvalue weighted by Crippen LogP contribution is 2.11. The van der Waals surface area contributed by atoms with Crippen molar-refractivity contribution >= 4 is 11.6 Å². The van der Waals surface area contributed by atoms with Crippen LogP contribution in [0.4, 0.5) is 11.6 Å². The van der Waals surface area contributed by atoms with Crippen molar-refractivity contribution in [2.45, 2.75) is 25.9 Å². The average molecular weight is 218 g/mol. The predicted molar refractivity (Wildman–Crippen MR) is 68.6 cm³/mol. The largest absolute Gasteiger partial charge is 0.364 e. The minimum Gasteiger partial charge on any atom is -0.364 e. The van der Waals surface area contributed by atoms with Gasteiger partial charge in [0.15, 0.2) is 0 Å². The molecule has 2 unspecified atom stereocenters. The van der Waals surface area contributed by atoms with Gasteiger partial charge in [0.1, 0.15) is 18.0 Å². The van der Waals surface area contributed by atoms with Gasteiger partial charge in [0.25, 0.3) is 0 Å². The molecule has 0 aromatic carbocycles. The Morgan fingerprint density at radius 2 is 1.50 bits per heavy atom. The minimum absolute atomic E-state index is 0.180. The molecule has 2 atom stereocenters. The molecule has 0 fully saturated rings. The lowest BCUT2D eigenvalue weighted by atomic mass is 10.3. The van der Waals surface area contributed by atoms with Crippen molar-refractivity contribution in [3.63, 3.8) is 0 Å². The quantitative estimate of drug-likeness (QED) is 0.720. The molecule has 0 amide bonds. The first-order valence-electron chi connectivity index (χ1n) is 5.26. The zero-order valence-corrected chi connectivity index (χ0v) is 9.77. The van der Waals surface area contributed by atoms with Crippen LogP contribution in [0.5, 0.6) is 0 Å². The fourth-order valence-electron chi connectivity index (χ4n) is 1.10. The van der Waals surface area contributed by atoms with Crippen LogP contribution in [-0.2, 0) is 0 Å². The van der Waals surface area contributed by atoms with Crippen molar-refractivity contribution in [3.8, 4) is 0 Å². The molecule has 16 heavy (non-hydrogen) atoms. The molecule has 0 aliphatic heterocycles. The van der Waals surface area contributed by atoms with E-state index < -0.39 is 0 Å². The molecule has 0 spiro atoms. The third-order valence-electron chi connectivity index (χ3n) is 2.13. The molecule has 4 nitrogen and oxygen atoms in total.